The Hall–Kier alpha value is -1.64. The Kier molecular flexibility index (Phi) is 9.39. The van der Waals surface area contributed by atoms with E-state index in [2.05, 4.69) is 67.4 Å². The van der Waals surface area contributed by atoms with E-state index in [9.17, 15) is 5.11 Å². The van der Waals surface area contributed by atoms with Gasteiger partial charge in [-0.2, -0.15) is 0 Å². The van der Waals surface area contributed by atoms with Gasteiger partial charge in [0.15, 0.2) is 0 Å². The average molecular weight is 384 g/mol. The van der Waals surface area contributed by atoms with Gasteiger partial charge in [0, 0.05) is 5.41 Å². The molecule has 1 aliphatic heterocycles. The summed E-state index contributed by atoms with van der Waals surface area (Å²) in [5, 5.41) is 10.2. The topological polar surface area (TPSA) is 23.5 Å². The lowest BCUT2D eigenvalue weighted by Crippen LogP contribution is -2.41. The van der Waals surface area contributed by atoms with E-state index in [0.29, 0.717) is 0 Å². The molecule has 2 aromatic rings. The highest BCUT2D eigenvalue weighted by atomic mass is 16.3. The molecular weight excluding hydrogens is 342 g/mol. The summed E-state index contributed by atoms with van der Waals surface area (Å²) in [7, 11) is 2.21. The van der Waals surface area contributed by atoms with E-state index in [0.717, 1.165) is 31.5 Å². The number of hydrogen-bond acceptors (Lipinski definition) is 2. The molecule has 0 saturated carbocycles. The summed E-state index contributed by atoms with van der Waals surface area (Å²) in [5.74, 6) is 0. The van der Waals surface area contributed by atoms with Gasteiger partial charge in [-0.15, -0.1) is 0 Å². The zero-order valence-corrected chi connectivity index (χ0v) is 19.3. The number of hydrogen-bond donors (Lipinski definition) is 1. The molecule has 0 radical (unpaired) electrons. The fourth-order valence-corrected chi connectivity index (χ4v) is 3.88. The van der Waals surface area contributed by atoms with Crippen LogP contribution in [0.5, 0.6) is 0 Å². The molecule has 1 heterocycles. The molecule has 0 amide bonds. The Morgan fingerprint density at radius 2 is 1.39 bits per heavy atom. The molecule has 1 fully saturated rings. The van der Waals surface area contributed by atoms with E-state index in [1.807, 2.05) is 41.5 Å². The third-order valence-electron chi connectivity index (χ3n) is 5.56. The molecule has 2 nitrogen and oxygen atoms in total. The maximum atomic E-state index is 10.2. The molecule has 0 bridgehead atoms. The maximum absolute atomic E-state index is 10.2. The second-order valence-electron chi connectivity index (χ2n) is 7.89. The largest absolute Gasteiger partial charge is 0.386 e. The number of rotatable bonds is 3. The minimum Gasteiger partial charge on any atom is -0.386 e. The van der Waals surface area contributed by atoms with Crippen molar-refractivity contribution in [1.29, 1.82) is 0 Å². The quantitative estimate of drug-likeness (QED) is 0.673. The molecule has 0 atom stereocenters. The number of aryl methyl sites for hydroxylation is 1. The van der Waals surface area contributed by atoms with Crippen molar-refractivity contribution in [1.82, 2.24) is 4.90 Å². The van der Waals surface area contributed by atoms with Crippen molar-refractivity contribution in [3.63, 3.8) is 0 Å². The van der Waals surface area contributed by atoms with Crippen LogP contribution in [0.25, 0.3) is 0 Å². The van der Waals surface area contributed by atoms with Gasteiger partial charge in [0.05, 0.1) is 5.60 Å². The number of aliphatic hydroxyl groups is 1. The molecule has 0 aliphatic carbocycles. The van der Waals surface area contributed by atoms with Gasteiger partial charge >= 0.3 is 0 Å². The zero-order chi connectivity index (χ0) is 21.4. The summed E-state index contributed by atoms with van der Waals surface area (Å²) in [6, 6.07) is 17.6. The Bertz CT molecular complexity index is 689. The first-order valence-electron chi connectivity index (χ1n) is 10.9. The fourth-order valence-electron chi connectivity index (χ4n) is 3.88. The Morgan fingerprint density at radius 1 is 0.857 bits per heavy atom. The van der Waals surface area contributed by atoms with Gasteiger partial charge in [0.1, 0.15) is 0 Å². The highest BCUT2D eigenvalue weighted by Gasteiger charge is 2.37. The highest BCUT2D eigenvalue weighted by Crippen LogP contribution is 2.42. The lowest BCUT2D eigenvalue weighted by atomic mass is 9.67. The van der Waals surface area contributed by atoms with E-state index in [1.54, 1.807) is 0 Å². The third kappa shape index (κ3) is 5.68. The fraction of sp³-hybridized carbons (Fsp3) is 0.538. The van der Waals surface area contributed by atoms with Crippen molar-refractivity contribution >= 4 is 0 Å². The van der Waals surface area contributed by atoms with E-state index in [1.165, 1.54) is 16.7 Å². The molecule has 156 valence electrons. The van der Waals surface area contributed by atoms with Gasteiger partial charge in [-0.25, -0.2) is 0 Å². The predicted octanol–water partition coefficient (Wildman–Crippen LogP) is 6.29. The smallest absolute Gasteiger partial charge is 0.0840 e. The summed E-state index contributed by atoms with van der Waals surface area (Å²) in [4.78, 5) is 2.42. The van der Waals surface area contributed by atoms with E-state index >= 15 is 0 Å². The molecule has 0 unspecified atom stereocenters. The van der Waals surface area contributed by atoms with Crippen LogP contribution in [0, 0.1) is 6.92 Å². The van der Waals surface area contributed by atoms with Crippen LogP contribution < -0.4 is 0 Å². The average Bonchev–Trinajstić information content (AvgIpc) is 2.71. The molecule has 1 aliphatic rings. The molecule has 3 rings (SSSR count). The van der Waals surface area contributed by atoms with Gasteiger partial charge in [0.2, 0.25) is 0 Å². The SMILES string of the molecule is CC.CC.Cc1cccc(C2(c3ccc(C(C)(C)O)cc3)CCN(C)CC2)c1. The van der Waals surface area contributed by atoms with Crippen LogP contribution in [0.2, 0.25) is 0 Å². The Balaban J connectivity index is 0.000000921. The molecule has 1 N–H and O–H groups in total. The van der Waals surface area contributed by atoms with Crippen LogP contribution in [0.1, 0.15) is 76.6 Å². The second-order valence-corrected chi connectivity index (χ2v) is 7.89. The van der Waals surface area contributed by atoms with Crippen molar-refractivity contribution in [3.8, 4) is 0 Å². The van der Waals surface area contributed by atoms with Crippen molar-refractivity contribution in [3.05, 3.63) is 70.8 Å². The number of likely N-dealkylation sites (tertiary alicyclic amines) is 1. The summed E-state index contributed by atoms with van der Waals surface area (Å²) in [6.45, 7) is 16.1. The first-order valence-corrected chi connectivity index (χ1v) is 10.9. The standard InChI is InChI=1S/C22H29NO.2C2H6/c1-17-6-5-7-20(16-17)22(12-14-23(4)15-13-22)19-10-8-18(9-11-19)21(2,3)24;2*1-2/h5-11,16,24H,12-15H2,1-4H3;2*1-2H3. The van der Waals surface area contributed by atoms with Gasteiger partial charge in [-0.05, 0) is 70.4 Å². The first-order chi connectivity index (χ1) is 13.3. The Labute approximate surface area is 173 Å². The number of benzene rings is 2. The minimum atomic E-state index is -0.790. The van der Waals surface area contributed by atoms with Crippen LogP contribution in [0.15, 0.2) is 48.5 Å². The molecular formula is C26H41NO. The second kappa shape index (κ2) is 10.8. The molecule has 2 heteroatoms. The monoisotopic (exact) mass is 383 g/mol. The lowest BCUT2D eigenvalue weighted by Gasteiger charge is -2.42. The van der Waals surface area contributed by atoms with Crippen molar-refractivity contribution in [2.24, 2.45) is 0 Å². The molecule has 0 spiro atoms. The van der Waals surface area contributed by atoms with Gasteiger partial charge in [-0.3, -0.25) is 0 Å². The maximum Gasteiger partial charge on any atom is 0.0840 e. The molecule has 28 heavy (non-hydrogen) atoms. The number of piperidine rings is 1. The predicted molar refractivity (Wildman–Crippen MR) is 123 cm³/mol. The van der Waals surface area contributed by atoms with Crippen molar-refractivity contribution in [2.75, 3.05) is 20.1 Å². The van der Waals surface area contributed by atoms with Crippen LogP contribution in [0.4, 0.5) is 0 Å². The van der Waals surface area contributed by atoms with Crippen molar-refractivity contribution in [2.45, 2.75) is 72.3 Å². The summed E-state index contributed by atoms with van der Waals surface area (Å²) >= 11 is 0. The van der Waals surface area contributed by atoms with Crippen LogP contribution in [0.3, 0.4) is 0 Å². The number of nitrogens with zero attached hydrogens (tertiary/aromatic N) is 1. The van der Waals surface area contributed by atoms with Crippen molar-refractivity contribution < 1.29 is 5.11 Å². The van der Waals surface area contributed by atoms with Gasteiger partial charge in [0.25, 0.3) is 0 Å². The summed E-state index contributed by atoms with van der Waals surface area (Å²) < 4.78 is 0. The van der Waals surface area contributed by atoms with E-state index in [4.69, 9.17) is 0 Å². The summed E-state index contributed by atoms with van der Waals surface area (Å²) in [6.07, 6.45) is 2.27. The zero-order valence-electron chi connectivity index (χ0n) is 19.3. The normalized spacial score (nSPS) is 16.3. The summed E-state index contributed by atoms with van der Waals surface area (Å²) in [5.41, 5.74) is 4.37. The molecule has 1 saturated heterocycles. The van der Waals surface area contributed by atoms with Gasteiger partial charge in [-0.1, -0.05) is 81.8 Å². The van der Waals surface area contributed by atoms with Gasteiger partial charge < -0.3 is 10.0 Å². The van der Waals surface area contributed by atoms with E-state index in [-0.39, 0.29) is 5.41 Å². The first kappa shape index (κ1) is 24.4. The van der Waals surface area contributed by atoms with Crippen LogP contribution >= 0.6 is 0 Å². The minimum absolute atomic E-state index is 0.0800. The Morgan fingerprint density at radius 3 is 1.86 bits per heavy atom. The van der Waals surface area contributed by atoms with Crippen LogP contribution in [-0.2, 0) is 11.0 Å². The van der Waals surface area contributed by atoms with Crippen LogP contribution in [-0.4, -0.2) is 30.1 Å². The lowest BCUT2D eigenvalue weighted by molar-refractivity contribution is 0.0785. The molecule has 0 aromatic heterocycles. The highest BCUT2D eigenvalue weighted by molar-refractivity contribution is 5.43. The third-order valence-corrected chi connectivity index (χ3v) is 5.56. The molecule has 2 aromatic carbocycles. The van der Waals surface area contributed by atoms with E-state index < -0.39 is 5.60 Å².